The van der Waals surface area contributed by atoms with Gasteiger partial charge in [-0.05, 0) is 25.1 Å². The van der Waals surface area contributed by atoms with E-state index < -0.39 is 11.6 Å². The van der Waals surface area contributed by atoms with Gasteiger partial charge in [0.2, 0.25) is 0 Å². The van der Waals surface area contributed by atoms with E-state index in [-0.39, 0.29) is 17.1 Å². The van der Waals surface area contributed by atoms with Gasteiger partial charge in [-0.25, -0.2) is 8.78 Å². The molecule has 0 aliphatic heterocycles. The van der Waals surface area contributed by atoms with Crippen molar-refractivity contribution in [2.45, 2.75) is 6.92 Å². The van der Waals surface area contributed by atoms with Gasteiger partial charge in [0, 0.05) is 5.56 Å². The minimum absolute atomic E-state index is 0.0247. The molecule has 78 valence electrons. The van der Waals surface area contributed by atoms with E-state index in [1.807, 2.05) is 0 Å². The normalized spacial score (nSPS) is 10.6. The molecule has 1 heterocycles. The molecule has 3 nitrogen and oxygen atoms in total. The van der Waals surface area contributed by atoms with Crippen molar-refractivity contribution in [1.29, 1.82) is 0 Å². The number of halogens is 2. The maximum atomic E-state index is 13.3. The van der Waals surface area contributed by atoms with Crippen LogP contribution in [0.3, 0.4) is 0 Å². The Labute approximate surface area is 84.5 Å². The van der Waals surface area contributed by atoms with Gasteiger partial charge in [0.15, 0.2) is 11.6 Å². The molecule has 2 N–H and O–H groups in total. The topological polar surface area (TPSA) is 52.0 Å². The number of nitrogens with two attached hydrogens (primary N) is 1. The summed E-state index contributed by atoms with van der Waals surface area (Å²) in [4.78, 5) is 0. The number of hydrogen-bond donors (Lipinski definition) is 1. The Balaban J connectivity index is 2.63. The Morgan fingerprint density at radius 2 is 2.07 bits per heavy atom. The molecule has 1 aromatic heterocycles. The highest BCUT2D eigenvalue weighted by atomic mass is 19.1. The van der Waals surface area contributed by atoms with E-state index in [0.29, 0.717) is 5.56 Å². The Morgan fingerprint density at radius 1 is 1.33 bits per heavy atom. The molecule has 0 fully saturated rings. The van der Waals surface area contributed by atoms with Crippen LogP contribution < -0.4 is 5.73 Å². The first-order valence-corrected chi connectivity index (χ1v) is 4.26. The number of benzene rings is 1. The maximum Gasteiger partial charge on any atom is 0.175 e. The van der Waals surface area contributed by atoms with Crippen LogP contribution in [0.4, 0.5) is 14.6 Å². The number of hydrogen-bond acceptors (Lipinski definition) is 3. The number of anilines is 1. The smallest absolute Gasteiger partial charge is 0.175 e. The van der Waals surface area contributed by atoms with E-state index in [1.54, 1.807) is 6.92 Å². The van der Waals surface area contributed by atoms with Crippen LogP contribution in [0.5, 0.6) is 0 Å². The van der Waals surface area contributed by atoms with Gasteiger partial charge in [0.25, 0.3) is 0 Å². The monoisotopic (exact) mass is 210 g/mol. The molecular weight excluding hydrogens is 202 g/mol. The Hall–Kier alpha value is -1.91. The zero-order valence-corrected chi connectivity index (χ0v) is 7.92. The summed E-state index contributed by atoms with van der Waals surface area (Å²) < 4.78 is 31.1. The van der Waals surface area contributed by atoms with Crippen LogP contribution in [0.1, 0.15) is 5.56 Å². The molecule has 2 aromatic rings. The van der Waals surface area contributed by atoms with Gasteiger partial charge in [-0.2, -0.15) is 0 Å². The van der Waals surface area contributed by atoms with E-state index in [2.05, 4.69) is 5.16 Å². The van der Waals surface area contributed by atoms with Crippen LogP contribution in [0.2, 0.25) is 0 Å². The molecule has 0 unspecified atom stereocenters. The van der Waals surface area contributed by atoms with E-state index in [9.17, 15) is 8.78 Å². The molecule has 0 spiro atoms. The molecule has 0 saturated heterocycles. The summed E-state index contributed by atoms with van der Waals surface area (Å²) in [5.74, 6) is -0.783. The van der Waals surface area contributed by atoms with Crippen LogP contribution in [-0.2, 0) is 0 Å². The van der Waals surface area contributed by atoms with Gasteiger partial charge < -0.3 is 10.3 Å². The first-order chi connectivity index (χ1) is 7.09. The third-order valence-corrected chi connectivity index (χ3v) is 2.13. The highest BCUT2D eigenvalue weighted by Crippen LogP contribution is 2.29. The molecule has 0 saturated carbocycles. The molecule has 0 radical (unpaired) electrons. The quantitative estimate of drug-likeness (QED) is 0.786. The molecule has 0 aliphatic carbocycles. The summed E-state index contributed by atoms with van der Waals surface area (Å²) >= 11 is 0. The SMILES string of the molecule is Cc1c(N)noc1-c1cc(F)ccc1F. The average Bonchev–Trinajstić information content (AvgIpc) is 2.52. The molecule has 2 rings (SSSR count). The number of aromatic nitrogens is 1. The zero-order valence-electron chi connectivity index (χ0n) is 7.92. The molecule has 0 bridgehead atoms. The summed E-state index contributed by atoms with van der Waals surface area (Å²) in [5, 5.41) is 3.48. The summed E-state index contributed by atoms with van der Waals surface area (Å²) in [6.07, 6.45) is 0. The highest BCUT2D eigenvalue weighted by molar-refractivity contribution is 5.66. The van der Waals surface area contributed by atoms with Gasteiger partial charge >= 0.3 is 0 Å². The Kier molecular flexibility index (Phi) is 2.15. The Bertz CT molecular complexity index is 508. The third-order valence-electron chi connectivity index (χ3n) is 2.13. The second-order valence-corrected chi connectivity index (χ2v) is 3.15. The van der Waals surface area contributed by atoms with E-state index >= 15 is 0 Å². The van der Waals surface area contributed by atoms with E-state index in [4.69, 9.17) is 10.3 Å². The molecule has 0 atom stereocenters. The standard InChI is InChI=1S/C10H8F2N2O/c1-5-9(15-14-10(5)13)7-4-6(11)2-3-8(7)12/h2-4H,1H3,(H2,13,14). The van der Waals surface area contributed by atoms with Gasteiger partial charge in [-0.15, -0.1) is 0 Å². The van der Waals surface area contributed by atoms with Gasteiger partial charge in [0.1, 0.15) is 11.6 Å². The fraction of sp³-hybridized carbons (Fsp3) is 0.100. The minimum atomic E-state index is -0.573. The fourth-order valence-electron chi connectivity index (χ4n) is 1.27. The van der Waals surface area contributed by atoms with Crippen molar-refractivity contribution in [3.63, 3.8) is 0 Å². The second-order valence-electron chi connectivity index (χ2n) is 3.15. The van der Waals surface area contributed by atoms with Crippen LogP contribution in [0.15, 0.2) is 22.7 Å². The van der Waals surface area contributed by atoms with Crippen LogP contribution in [0, 0.1) is 18.6 Å². The first-order valence-electron chi connectivity index (χ1n) is 4.26. The van der Waals surface area contributed by atoms with Crippen molar-refractivity contribution >= 4 is 5.82 Å². The van der Waals surface area contributed by atoms with Crippen molar-refractivity contribution in [1.82, 2.24) is 5.16 Å². The number of rotatable bonds is 1. The van der Waals surface area contributed by atoms with Gasteiger partial charge in [0.05, 0.1) is 5.56 Å². The summed E-state index contributed by atoms with van der Waals surface area (Å²) in [6.45, 7) is 1.63. The highest BCUT2D eigenvalue weighted by Gasteiger charge is 2.15. The zero-order chi connectivity index (χ0) is 11.0. The van der Waals surface area contributed by atoms with Crippen molar-refractivity contribution in [3.05, 3.63) is 35.4 Å². The Morgan fingerprint density at radius 3 is 2.67 bits per heavy atom. The molecular formula is C10H8F2N2O. The second kappa shape index (κ2) is 3.34. The van der Waals surface area contributed by atoms with Crippen LogP contribution >= 0.6 is 0 Å². The lowest BCUT2D eigenvalue weighted by Crippen LogP contribution is -1.89. The van der Waals surface area contributed by atoms with Crippen molar-refractivity contribution in [2.24, 2.45) is 0 Å². The fourth-order valence-corrected chi connectivity index (χ4v) is 1.27. The van der Waals surface area contributed by atoms with Crippen molar-refractivity contribution in [3.8, 4) is 11.3 Å². The van der Waals surface area contributed by atoms with E-state index in [0.717, 1.165) is 18.2 Å². The molecule has 5 heteroatoms. The average molecular weight is 210 g/mol. The summed E-state index contributed by atoms with van der Waals surface area (Å²) in [5.41, 5.74) is 5.97. The lowest BCUT2D eigenvalue weighted by atomic mass is 10.1. The van der Waals surface area contributed by atoms with Crippen molar-refractivity contribution in [2.75, 3.05) is 5.73 Å². The lowest BCUT2D eigenvalue weighted by molar-refractivity contribution is 0.432. The van der Waals surface area contributed by atoms with Gasteiger partial charge in [-0.3, -0.25) is 0 Å². The largest absolute Gasteiger partial charge is 0.381 e. The number of nitrogens with zero attached hydrogens (tertiary/aromatic N) is 1. The maximum absolute atomic E-state index is 13.3. The summed E-state index contributed by atoms with van der Waals surface area (Å²) in [6, 6.07) is 3.11. The first kappa shape index (κ1) is 9.64. The summed E-state index contributed by atoms with van der Waals surface area (Å²) in [7, 11) is 0. The van der Waals surface area contributed by atoms with Crippen LogP contribution in [0.25, 0.3) is 11.3 Å². The predicted octanol–water partition coefficient (Wildman–Crippen LogP) is 2.51. The molecule has 1 aromatic carbocycles. The van der Waals surface area contributed by atoms with Crippen LogP contribution in [-0.4, -0.2) is 5.16 Å². The minimum Gasteiger partial charge on any atom is -0.381 e. The third kappa shape index (κ3) is 1.56. The van der Waals surface area contributed by atoms with Crippen molar-refractivity contribution < 1.29 is 13.3 Å². The molecule has 0 amide bonds. The molecule has 15 heavy (non-hydrogen) atoms. The van der Waals surface area contributed by atoms with Gasteiger partial charge in [-0.1, -0.05) is 5.16 Å². The lowest BCUT2D eigenvalue weighted by Gasteiger charge is -1.99. The number of nitrogen functional groups attached to an aromatic ring is 1. The van der Waals surface area contributed by atoms with E-state index in [1.165, 1.54) is 0 Å². The predicted molar refractivity (Wildman–Crippen MR) is 51.0 cm³/mol. The molecule has 0 aliphatic rings.